The van der Waals surface area contributed by atoms with Crippen LogP contribution >= 0.6 is 0 Å². The Hall–Kier alpha value is -3.10. The second-order valence-corrected chi connectivity index (χ2v) is 5.16. The first-order valence-electron chi connectivity index (χ1n) is 6.71. The minimum atomic E-state index is -4.48. The van der Waals surface area contributed by atoms with E-state index >= 15 is 0 Å². The SMILES string of the molecule is Cc1cc(-c2cc(=O)n3[nH]cc(C(=O)O)c3n2)ccc1C(F)(F)F. The molecule has 0 spiro atoms. The minimum absolute atomic E-state index is 0.0190. The molecule has 0 amide bonds. The molecule has 0 aliphatic carbocycles. The van der Waals surface area contributed by atoms with Crippen molar-refractivity contribution >= 4 is 11.6 Å². The zero-order valence-electron chi connectivity index (χ0n) is 12.2. The molecule has 24 heavy (non-hydrogen) atoms. The largest absolute Gasteiger partial charge is 0.477 e. The van der Waals surface area contributed by atoms with Crippen LogP contribution in [0, 0.1) is 6.92 Å². The Labute approximate surface area is 132 Å². The van der Waals surface area contributed by atoms with Gasteiger partial charge in [0.2, 0.25) is 0 Å². The normalized spacial score (nSPS) is 11.8. The molecule has 2 N–H and O–H groups in total. The van der Waals surface area contributed by atoms with Crippen LogP contribution in [0.4, 0.5) is 13.2 Å². The second-order valence-electron chi connectivity index (χ2n) is 5.16. The number of carbonyl (C=O) groups is 1. The molecule has 0 saturated heterocycles. The summed E-state index contributed by atoms with van der Waals surface area (Å²) in [4.78, 5) is 27.3. The van der Waals surface area contributed by atoms with E-state index in [1.165, 1.54) is 19.1 Å². The van der Waals surface area contributed by atoms with Crippen LogP contribution in [0.1, 0.15) is 21.5 Å². The van der Waals surface area contributed by atoms with Gasteiger partial charge in [-0.05, 0) is 24.6 Å². The highest BCUT2D eigenvalue weighted by molar-refractivity contribution is 5.94. The molecule has 0 bridgehead atoms. The zero-order valence-corrected chi connectivity index (χ0v) is 12.2. The number of aromatic nitrogens is 3. The number of halogens is 3. The van der Waals surface area contributed by atoms with Crippen molar-refractivity contribution in [3.05, 3.63) is 57.5 Å². The van der Waals surface area contributed by atoms with Crippen LogP contribution in [-0.4, -0.2) is 25.7 Å². The number of carboxylic acids is 1. The predicted octanol–water partition coefficient (Wildman–Crippen LogP) is 2.72. The molecule has 3 rings (SSSR count). The van der Waals surface area contributed by atoms with Gasteiger partial charge in [0.05, 0.1) is 11.3 Å². The average molecular weight is 337 g/mol. The lowest BCUT2D eigenvalue weighted by Crippen LogP contribution is -2.15. The number of H-pyrrole nitrogens is 1. The van der Waals surface area contributed by atoms with Gasteiger partial charge in [-0.3, -0.25) is 9.89 Å². The Balaban J connectivity index is 2.20. The fraction of sp³-hybridized carbons (Fsp3) is 0.133. The summed E-state index contributed by atoms with van der Waals surface area (Å²) in [5.41, 5.74) is -1.30. The Bertz CT molecular complexity index is 1020. The fourth-order valence-corrected chi connectivity index (χ4v) is 2.43. The minimum Gasteiger partial charge on any atom is -0.477 e. The van der Waals surface area contributed by atoms with Crippen molar-refractivity contribution in [3.8, 4) is 11.3 Å². The maximum absolute atomic E-state index is 12.8. The quantitative estimate of drug-likeness (QED) is 0.753. The number of benzene rings is 1. The van der Waals surface area contributed by atoms with Crippen LogP contribution in [0.3, 0.4) is 0 Å². The summed E-state index contributed by atoms with van der Waals surface area (Å²) in [5, 5.41) is 11.6. The summed E-state index contributed by atoms with van der Waals surface area (Å²) in [6.07, 6.45) is -3.36. The second kappa shape index (κ2) is 5.22. The van der Waals surface area contributed by atoms with Crippen molar-refractivity contribution in [2.24, 2.45) is 0 Å². The summed E-state index contributed by atoms with van der Waals surface area (Å²) < 4.78 is 39.4. The molecule has 9 heteroatoms. The van der Waals surface area contributed by atoms with E-state index in [0.29, 0.717) is 0 Å². The summed E-state index contributed by atoms with van der Waals surface area (Å²) in [5.74, 6) is -1.28. The number of fused-ring (bicyclic) bond motifs is 1. The summed E-state index contributed by atoms with van der Waals surface area (Å²) >= 11 is 0. The van der Waals surface area contributed by atoms with Gasteiger partial charge < -0.3 is 5.11 Å². The van der Waals surface area contributed by atoms with Crippen LogP contribution in [0.25, 0.3) is 16.9 Å². The average Bonchev–Trinajstić information content (AvgIpc) is 2.90. The highest BCUT2D eigenvalue weighted by Crippen LogP contribution is 2.33. The van der Waals surface area contributed by atoms with Crippen molar-refractivity contribution in [2.45, 2.75) is 13.1 Å². The van der Waals surface area contributed by atoms with E-state index in [-0.39, 0.29) is 28.0 Å². The van der Waals surface area contributed by atoms with Crippen molar-refractivity contribution < 1.29 is 23.1 Å². The number of rotatable bonds is 2. The molecule has 6 nitrogen and oxygen atoms in total. The number of hydrogen-bond donors (Lipinski definition) is 2. The maximum atomic E-state index is 12.8. The number of aryl methyl sites for hydroxylation is 1. The predicted molar refractivity (Wildman–Crippen MR) is 77.9 cm³/mol. The number of aromatic amines is 1. The van der Waals surface area contributed by atoms with E-state index in [1.807, 2.05) is 0 Å². The van der Waals surface area contributed by atoms with Crippen LogP contribution in [0.15, 0.2) is 35.3 Å². The molecule has 0 aliphatic rings. The number of nitrogens with zero attached hydrogens (tertiary/aromatic N) is 2. The van der Waals surface area contributed by atoms with E-state index in [0.717, 1.165) is 22.8 Å². The van der Waals surface area contributed by atoms with E-state index in [4.69, 9.17) is 5.11 Å². The van der Waals surface area contributed by atoms with Gasteiger partial charge in [0.25, 0.3) is 5.56 Å². The number of alkyl halides is 3. The first kappa shape index (κ1) is 15.8. The summed E-state index contributed by atoms with van der Waals surface area (Å²) in [6, 6.07) is 4.48. The van der Waals surface area contributed by atoms with E-state index in [9.17, 15) is 22.8 Å². The van der Waals surface area contributed by atoms with Gasteiger partial charge in [0.15, 0.2) is 5.65 Å². The maximum Gasteiger partial charge on any atom is 0.416 e. The Morgan fingerprint density at radius 1 is 1.29 bits per heavy atom. The van der Waals surface area contributed by atoms with Crippen molar-refractivity contribution in [1.29, 1.82) is 0 Å². The molecule has 2 heterocycles. The fourth-order valence-electron chi connectivity index (χ4n) is 2.43. The topological polar surface area (TPSA) is 87.5 Å². The van der Waals surface area contributed by atoms with Gasteiger partial charge in [-0.2, -0.15) is 13.2 Å². The van der Waals surface area contributed by atoms with Gasteiger partial charge >= 0.3 is 12.1 Å². The van der Waals surface area contributed by atoms with Crippen molar-refractivity contribution in [3.63, 3.8) is 0 Å². The van der Waals surface area contributed by atoms with Crippen molar-refractivity contribution in [1.82, 2.24) is 14.6 Å². The molecular weight excluding hydrogens is 327 g/mol. The molecule has 124 valence electrons. The van der Waals surface area contributed by atoms with Crippen LogP contribution in [-0.2, 0) is 6.18 Å². The number of hydrogen-bond acceptors (Lipinski definition) is 3. The first-order chi connectivity index (χ1) is 11.2. The highest BCUT2D eigenvalue weighted by atomic mass is 19.4. The zero-order chi connectivity index (χ0) is 17.6. The van der Waals surface area contributed by atoms with E-state index in [2.05, 4.69) is 10.1 Å². The molecule has 0 radical (unpaired) electrons. The van der Waals surface area contributed by atoms with Crippen LogP contribution in [0.2, 0.25) is 0 Å². The Morgan fingerprint density at radius 2 is 2.00 bits per heavy atom. The first-order valence-corrected chi connectivity index (χ1v) is 6.71. The third kappa shape index (κ3) is 2.53. The lowest BCUT2D eigenvalue weighted by molar-refractivity contribution is -0.138. The molecule has 0 unspecified atom stereocenters. The molecular formula is C15H10F3N3O3. The summed E-state index contributed by atoms with van der Waals surface area (Å²) in [7, 11) is 0. The molecule has 1 aromatic carbocycles. The lowest BCUT2D eigenvalue weighted by Gasteiger charge is -2.11. The Kier molecular flexibility index (Phi) is 3.43. The Morgan fingerprint density at radius 3 is 2.58 bits per heavy atom. The molecule has 0 fully saturated rings. The van der Waals surface area contributed by atoms with E-state index in [1.54, 1.807) is 0 Å². The number of carboxylic acid groups (broad SMARTS) is 1. The monoisotopic (exact) mass is 337 g/mol. The van der Waals surface area contributed by atoms with Gasteiger partial charge in [0, 0.05) is 17.8 Å². The van der Waals surface area contributed by atoms with Gasteiger partial charge in [-0.1, -0.05) is 6.07 Å². The molecule has 3 aromatic rings. The van der Waals surface area contributed by atoms with Crippen LogP contribution < -0.4 is 5.56 Å². The molecule has 2 aromatic heterocycles. The molecule has 0 aliphatic heterocycles. The number of aromatic carboxylic acids is 1. The van der Waals surface area contributed by atoms with Crippen LogP contribution in [0.5, 0.6) is 0 Å². The summed E-state index contributed by atoms with van der Waals surface area (Å²) in [6.45, 7) is 1.30. The van der Waals surface area contributed by atoms with E-state index < -0.39 is 23.3 Å². The highest BCUT2D eigenvalue weighted by Gasteiger charge is 2.32. The number of nitrogens with one attached hydrogen (secondary N) is 1. The molecule has 0 saturated carbocycles. The standard InChI is InChI=1S/C15H10F3N3O3/c1-7-4-8(2-3-10(7)15(16,17)18)11-5-12(22)21-13(20-11)9(6-19-21)14(23)24/h2-6,19H,1H3,(H,23,24). The van der Waals surface area contributed by atoms with Crippen molar-refractivity contribution in [2.75, 3.05) is 0 Å². The van der Waals surface area contributed by atoms with Gasteiger partial charge in [-0.25, -0.2) is 14.3 Å². The molecule has 0 atom stereocenters. The van der Waals surface area contributed by atoms with Gasteiger partial charge in [-0.15, -0.1) is 0 Å². The third-order valence-corrected chi connectivity index (χ3v) is 3.56. The van der Waals surface area contributed by atoms with Gasteiger partial charge in [0.1, 0.15) is 5.56 Å². The third-order valence-electron chi connectivity index (χ3n) is 3.56. The smallest absolute Gasteiger partial charge is 0.416 e. The lowest BCUT2D eigenvalue weighted by atomic mass is 10.0.